The van der Waals surface area contributed by atoms with Crippen molar-refractivity contribution in [2.75, 3.05) is 5.32 Å². The van der Waals surface area contributed by atoms with E-state index in [1.165, 1.54) is 0 Å². The van der Waals surface area contributed by atoms with E-state index in [0.29, 0.717) is 0 Å². The number of hydrogen-bond acceptors (Lipinski definition) is 1. The van der Waals surface area contributed by atoms with E-state index >= 15 is 0 Å². The third-order valence-corrected chi connectivity index (χ3v) is 4.72. The lowest BCUT2D eigenvalue weighted by Gasteiger charge is -2.05. The summed E-state index contributed by atoms with van der Waals surface area (Å²) in [5.41, 5.74) is 2.85. The molecule has 2 aromatic rings. The first kappa shape index (κ1) is 14.4. The molecule has 1 amide bonds. The number of nitrogens with one attached hydrogen (secondary N) is 1. The van der Waals surface area contributed by atoms with Crippen LogP contribution in [-0.2, 0) is 4.79 Å². The smallest absolute Gasteiger partial charge is 0.231 e. The zero-order chi connectivity index (χ0) is 15.0. The molecule has 0 saturated heterocycles. The number of carbonyl (C=O) groups is 1. The van der Waals surface area contributed by atoms with Gasteiger partial charge in [0.15, 0.2) is 0 Å². The van der Waals surface area contributed by atoms with E-state index in [4.69, 9.17) is 23.2 Å². The molecule has 0 spiro atoms. The molecule has 0 heterocycles. The topological polar surface area (TPSA) is 29.1 Å². The number of aryl methyl sites for hydroxylation is 1. The Bertz CT molecular complexity index is 670. The molecule has 1 saturated carbocycles. The highest BCUT2D eigenvalue weighted by Gasteiger charge is 2.67. The monoisotopic (exact) mass is 319 g/mol. The predicted octanol–water partition coefficient (Wildman–Crippen LogP) is 4.52. The molecule has 0 aliphatic heterocycles. The molecule has 1 aliphatic carbocycles. The zero-order valence-corrected chi connectivity index (χ0v) is 13.0. The van der Waals surface area contributed by atoms with Crippen LogP contribution in [0.15, 0.2) is 54.6 Å². The molecule has 108 valence electrons. The fraction of sp³-hybridized carbons (Fsp3) is 0.235. The third kappa shape index (κ3) is 2.78. The van der Waals surface area contributed by atoms with Crippen molar-refractivity contribution in [3.05, 3.63) is 65.7 Å². The van der Waals surface area contributed by atoms with Crippen molar-refractivity contribution in [3.8, 4) is 0 Å². The van der Waals surface area contributed by atoms with Gasteiger partial charge >= 0.3 is 0 Å². The Morgan fingerprint density at radius 1 is 1.10 bits per heavy atom. The van der Waals surface area contributed by atoms with Crippen LogP contribution < -0.4 is 5.32 Å². The van der Waals surface area contributed by atoms with Crippen LogP contribution in [0.3, 0.4) is 0 Å². The summed E-state index contributed by atoms with van der Waals surface area (Å²) in [6.45, 7) is 1.98. The highest BCUT2D eigenvalue weighted by atomic mass is 35.5. The van der Waals surface area contributed by atoms with Gasteiger partial charge in [-0.15, -0.1) is 23.2 Å². The van der Waals surface area contributed by atoms with Gasteiger partial charge in [0.05, 0.1) is 5.92 Å². The van der Waals surface area contributed by atoms with Crippen molar-refractivity contribution in [2.45, 2.75) is 17.2 Å². The summed E-state index contributed by atoms with van der Waals surface area (Å²) < 4.78 is -1.03. The van der Waals surface area contributed by atoms with Crippen LogP contribution in [0.5, 0.6) is 0 Å². The number of halogens is 2. The lowest BCUT2D eigenvalue weighted by molar-refractivity contribution is -0.117. The van der Waals surface area contributed by atoms with Gasteiger partial charge in [0.1, 0.15) is 4.33 Å². The molecule has 2 nitrogen and oxygen atoms in total. The first-order valence-electron chi connectivity index (χ1n) is 6.80. The normalized spacial score (nSPS) is 22.6. The minimum Gasteiger partial charge on any atom is -0.326 e. The van der Waals surface area contributed by atoms with E-state index in [-0.39, 0.29) is 11.8 Å². The fourth-order valence-corrected chi connectivity index (χ4v) is 3.50. The quantitative estimate of drug-likeness (QED) is 0.828. The van der Waals surface area contributed by atoms with Gasteiger partial charge in [-0.25, -0.2) is 0 Å². The maximum atomic E-state index is 12.4. The Hall–Kier alpha value is -1.51. The summed E-state index contributed by atoms with van der Waals surface area (Å²) in [5.74, 6) is -0.727. The molecule has 3 rings (SSSR count). The number of carbonyl (C=O) groups excluding carboxylic acids is 1. The first-order valence-corrected chi connectivity index (χ1v) is 7.56. The second-order valence-corrected chi connectivity index (χ2v) is 6.84. The number of amides is 1. The van der Waals surface area contributed by atoms with Crippen LogP contribution in [0.1, 0.15) is 17.0 Å². The molecule has 0 bridgehead atoms. The molecule has 1 N–H and O–H groups in total. The van der Waals surface area contributed by atoms with E-state index in [2.05, 4.69) is 5.32 Å². The number of anilines is 1. The van der Waals surface area contributed by atoms with Crippen LogP contribution in [0.4, 0.5) is 5.69 Å². The van der Waals surface area contributed by atoms with Crippen LogP contribution in [0.25, 0.3) is 0 Å². The molecule has 1 aliphatic rings. The van der Waals surface area contributed by atoms with E-state index in [0.717, 1.165) is 16.8 Å². The van der Waals surface area contributed by atoms with Gasteiger partial charge in [0.25, 0.3) is 0 Å². The molecular weight excluding hydrogens is 305 g/mol. The van der Waals surface area contributed by atoms with E-state index in [1.54, 1.807) is 0 Å². The lowest BCUT2D eigenvalue weighted by Crippen LogP contribution is -2.17. The Kier molecular flexibility index (Phi) is 3.68. The van der Waals surface area contributed by atoms with Gasteiger partial charge in [-0.3, -0.25) is 4.79 Å². The Balaban J connectivity index is 1.77. The van der Waals surface area contributed by atoms with Crippen molar-refractivity contribution < 1.29 is 4.79 Å². The van der Waals surface area contributed by atoms with E-state index in [1.807, 2.05) is 61.5 Å². The lowest BCUT2D eigenvalue weighted by atomic mass is 10.1. The standard InChI is InChI=1S/C17H15Cl2NO/c1-11-6-5-9-13(10-11)20-16(21)15-14(17(15,18)19)12-7-3-2-4-8-12/h2-10,14-15H,1H3,(H,20,21)/t14-,15+/m0/s1. The highest BCUT2D eigenvalue weighted by molar-refractivity contribution is 6.53. The zero-order valence-electron chi connectivity index (χ0n) is 11.5. The Morgan fingerprint density at radius 3 is 2.48 bits per heavy atom. The third-order valence-electron chi connectivity index (χ3n) is 3.78. The number of rotatable bonds is 3. The number of hydrogen-bond donors (Lipinski definition) is 1. The summed E-state index contributed by atoms with van der Waals surface area (Å²) in [5, 5.41) is 2.89. The van der Waals surface area contributed by atoms with Crippen molar-refractivity contribution in [2.24, 2.45) is 5.92 Å². The molecule has 21 heavy (non-hydrogen) atoms. The summed E-state index contributed by atoms with van der Waals surface area (Å²) >= 11 is 12.6. The van der Waals surface area contributed by atoms with Crippen molar-refractivity contribution in [1.82, 2.24) is 0 Å². The van der Waals surface area contributed by atoms with Gasteiger partial charge in [-0.05, 0) is 30.2 Å². The van der Waals surface area contributed by atoms with Crippen LogP contribution in [-0.4, -0.2) is 10.2 Å². The van der Waals surface area contributed by atoms with Crippen LogP contribution >= 0.6 is 23.2 Å². The summed E-state index contributed by atoms with van der Waals surface area (Å²) in [6.07, 6.45) is 0. The molecule has 2 aromatic carbocycles. The fourth-order valence-electron chi connectivity index (χ4n) is 2.67. The van der Waals surface area contributed by atoms with Crippen molar-refractivity contribution in [3.63, 3.8) is 0 Å². The second-order valence-electron chi connectivity index (χ2n) is 5.40. The molecule has 4 heteroatoms. The Labute approximate surface area is 134 Å². The highest BCUT2D eigenvalue weighted by Crippen LogP contribution is 2.65. The molecule has 1 fully saturated rings. The largest absolute Gasteiger partial charge is 0.326 e. The predicted molar refractivity (Wildman–Crippen MR) is 86.9 cm³/mol. The van der Waals surface area contributed by atoms with Gasteiger partial charge in [0, 0.05) is 11.6 Å². The number of benzene rings is 2. The van der Waals surface area contributed by atoms with Crippen molar-refractivity contribution >= 4 is 34.8 Å². The van der Waals surface area contributed by atoms with E-state index < -0.39 is 10.3 Å². The van der Waals surface area contributed by atoms with Gasteiger partial charge in [-0.2, -0.15) is 0 Å². The summed E-state index contributed by atoms with van der Waals surface area (Å²) in [7, 11) is 0. The first-order chi connectivity index (χ1) is 10.00. The maximum Gasteiger partial charge on any atom is 0.231 e. The average Bonchev–Trinajstić information content (AvgIpc) is 3.03. The molecular formula is C17H15Cl2NO. The maximum absolute atomic E-state index is 12.4. The van der Waals surface area contributed by atoms with Crippen LogP contribution in [0.2, 0.25) is 0 Å². The molecule has 0 unspecified atom stereocenters. The molecule has 0 aromatic heterocycles. The van der Waals surface area contributed by atoms with Crippen LogP contribution in [0, 0.1) is 12.8 Å². The van der Waals surface area contributed by atoms with Gasteiger partial charge < -0.3 is 5.32 Å². The summed E-state index contributed by atoms with van der Waals surface area (Å²) in [4.78, 5) is 12.4. The second kappa shape index (κ2) is 5.36. The average molecular weight is 320 g/mol. The van der Waals surface area contributed by atoms with Gasteiger partial charge in [0.2, 0.25) is 5.91 Å². The number of alkyl halides is 2. The molecule has 0 radical (unpaired) electrons. The Morgan fingerprint density at radius 2 is 1.81 bits per heavy atom. The SMILES string of the molecule is Cc1cccc(NC(=O)[C@H]2[C@H](c3ccccc3)C2(Cl)Cl)c1. The minimum atomic E-state index is -1.03. The van der Waals surface area contributed by atoms with Crippen molar-refractivity contribution in [1.29, 1.82) is 0 Å². The van der Waals surface area contributed by atoms with Gasteiger partial charge in [-0.1, -0.05) is 42.5 Å². The summed E-state index contributed by atoms with van der Waals surface area (Å²) in [6, 6.07) is 17.3. The minimum absolute atomic E-state index is 0.139. The molecule has 2 atom stereocenters. The van der Waals surface area contributed by atoms with E-state index in [9.17, 15) is 4.79 Å².